The summed E-state index contributed by atoms with van der Waals surface area (Å²) >= 11 is 15.1. The number of ether oxygens (including phenoxy) is 2. The molecule has 0 aromatic heterocycles. The molecule has 0 bridgehead atoms. The topological polar surface area (TPSA) is 76.7 Å². The Bertz CT molecular complexity index is 804. The van der Waals surface area contributed by atoms with Crippen LogP contribution in [0.2, 0.25) is 10.0 Å². The number of carbonyl (C=O) groups is 2. The van der Waals surface area contributed by atoms with E-state index >= 15 is 0 Å². The van der Waals surface area contributed by atoms with Crippen molar-refractivity contribution in [3.8, 4) is 11.5 Å². The molecule has 2 aromatic carbocycles. The largest absolute Gasteiger partial charge is 0.482 e. The van der Waals surface area contributed by atoms with Gasteiger partial charge in [-0.25, -0.2) is 0 Å². The molecule has 6 nitrogen and oxygen atoms in total. The van der Waals surface area contributed by atoms with Crippen LogP contribution in [0.5, 0.6) is 11.5 Å². The molecule has 1 atom stereocenters. The number of rotatable bonds is 6. The number of nitrogens with one attached hydrogen (secondary N) is 2. The summed E-state index contributed by atoms with van der Waals surface area (Å²) in [6.07, 6.45) is -0.850. The van der Waals surface area contributed by atoms with Gasteiger partial charge in [-0.1, -0.05) is 35.3 Å². The summed E-state index contributed by atoms with van der Waals surface area (Å²) in [7, 11) is 0. The maximum absolute atomic E-state index is 12.0. The maximum atomic E-state index is 12.0. The van der Waals surface area contributed by atoms with Crippen LogP contribution in [0.1, 0.15) is 6.92 Å². The van der Waals surface area contributed by atoms with E-state index in [1.165, 1.54) is 0 Å². The summed E-state index contributed by atoms with van der Waals surface area (Å²) in [5.74, 6) is -0.249. The summed E-state index contributed by atoms with van der Waals surface area (Å²) in [5.41, 5.74) is 4.51. The first-order valence-electron chi connectivity index (χ1n) is 7.44. The summed E-state index contributed by atoms with van der Waals surface area (Å²) < 4.78 is 11.4. The zero-order valence-corrected chi connectivity index (χ0v) is 16.7. The first-order chi connectivity index (χ1) is 12.4. The van der Waals surface area contributed by atoms with Gasteiger partial charge in [-0.15, -0.1) is 0 Å². The third kappa shape index (κ3) is 6.09. The number of hydrogen-bond acceptors (Lipinski definition) is 4. The van der Waals surface area contributed by atoms with Gasteiger partial charge in [-0.05, 0) is 53.2 Å². The van der Waals surface area contributed by atoms with Gasteiger partial charge in [0, 0.05) is 5.02 Å². The Morgan fingerprint density at radius 1 is 1.12 bits per heavy atom. The lowest BCUT2D eigenvalue weighted by Crippen LogP contribution is -2.48. The molecule has 0 saturated heterocycles. The molecule has 1 unspecified atom stereocenters. The molecule has 0 heterocycles. The first-order valence-corrected chi connectivity index (χ1v) is 8.99. The van der Waals surface area contributed by atoms with Gasteiger partial charge in [0.1, 0.15) is 11.5 Å². The third-order valence-corrected chi connectivity index (χ3v) is 4.25. The summed E-state index contributed by atoms with van der Waals surface area (Å²) in [6.45, 7) is 1.24. The molecule has 0 radical (unpaired) electrons. The van der Waals surface area contributed by atoms with Gasteiger partial charge in [0.05, 0.1) is 9.50 Å². The number of benzene rings is 2. The van der Waals surface area contributed by atoms with Crippen molar-refractivity contribution in [2.75, 3.05) is 6.61 Å². The van der Waals surface area contributed by atoms with Crippen molar-refractivity contribution in [3.05, 3.63) is 57.0 Å². The van der Waals surface area contributed by atoms with Crippen LogP contribution < -0.4 is 20.3 Å². The van der Waals surface area contributed by atoms with Crippen molar-refractivity contribution < 1.29 is 19.1 Å². The highest BCUT2D eigenvalue weighted by Crippen LogP contribution is 2.28. The SMILES string of the molecule is CC(Oc1ccc(Cl)cc1Br)C(=O)NNC(=O)COc1ccccc1Cl. The Hall–Kier alpha value is -1.96. The zero-order chi connectivity index (χ0) is 19.1. The van der Waals surface area contributed by atoms with Gasteiger partial charge in [-0.2, -0.15) is 0 Å². The van der Waals surface area contributed by atoms with Crippen LogP contribution in [0.4, 0.5) is 0 Å². The van der Waals surface area contributed by atoms with Crippen LogP contribution in [-0.2, 0) is 9.59 Å². The van der Waals surface area contributed by atoms with Crippen molar-refractivity contribution in [2.45, 2.75) is 13.0 Å². The highest BCUT2D eigenvalue weighted by molar-refractivity contribution is 9.10. The number of carbonyl (C=O) groups excluding carboxylic acids is 2. The molecule has 2 rings (SSSR count). The molecule has 26 heavy (non-hydrogen) atoms. The Balaban J connectivity index is 1.78. The van der Waals surface area contributed by atoms with Gasteiger partial charge in [0.25, 0.3) is 11.8 Å². The molecule has 138 valence electrons. The molecular weight excluding hydrogens is 447 g/mol. The van der Waals surface area contributed by atoms with Gasteiger partial charge >= 0.3 is 0 Å². The number of para-hydroxylation sites is 1. The van der Waals surface area contributed by atoms with Crippen molar-refractivity contribution >= 4 is 50.9 Å². The number of amides is 2. The number of halogens is 3. The minimum absolute atomic E-state index is 0.304. The van der Waals surface area contributed by atoms with Crippen LogP contribution in [-0.4, -0.2) is 24.5 Å². The zero-order valence-electron chi connectivity index (χ0n) is 13.6. The van der Waals surface area contributed by atoms with Crippen LogP contribution in [0, 0.1) is 0 Å². The first kappa shape index (κ1) is 20.4. The highest BCUT2D eigenvalue weighted by Gasteiger charge is 2.17. The second-order valence-corrected chi connectivity index (χ2v) is 6.79. The van der Waals surface area contributed by atoms with E-state index in [9.17, 15) is 9.59 Å². The van der Waals surface area contributed by atoms with Gasteiger partial charge < -0.3 is 9.47 Å². The predicted molar refractivity (Wildman–Crippen MR) is 102 cm³/mol. The van der Waals surface area contributed by atoms with Crippen molar-refractivity contribution in [1.82, 2.24) is 10.9 Å². The molecule has 0 aliphatic heterocycles. The molecule has 0 aliphatic carbocycles. The predicted octanol–water partition coefficient (Wildman–Crippen LogP) is 3.75. The van der Waals surface area contributed by atoms with E-state index in [4.69, 9.17) is 32.7 Å². The van der Waals surface area contributed by atoms with E-state index in [1.807, 2.05) is 0 Å². The Morgan fingerprint density at radius 3 is 2.54 bits per heavy atom. The lowest BCUT2D eigenvalue weighted by Gasteiger charge is -2.16. The monoisotopic (exact) mass is 460 g/mol. The average Bonchev–Trinajstić information content (AvgIpc) is 2.61. The van der Waals surface area contributed by atoms with Crippen molar-refractivity contribution in [3.63, 3.8) is 0 Å². The Morgan fingerprint density at radius 2 is 1.85 bits per heavy atom. The smallest absolute Gasteiger partial charge is 0.279 e. The van der Waals surface area contributed by atoms with Crippen LogP contribution >= 0.6 is 39.1 Å². The molecule has 0 saturated carbocycles. The molecule has 9 heteroatoms. The van der Waals surface area contributed by atoms with E-state index in [0.717, 1.165) is 0 Å². The quantitative estimate of drug-likeness (QED) is 0.642. The standard InChI is InChI=1S/C17H15BrCl2N2O4/c1-10(26-14-7-6-11(19)8-12(14)18)17(24)22-21-16(23)9-25-15-5-3-2-4-13(15)20/h2-8,10H,9H2,1H3,(H,21,23)(H,22,24). The lowest BCUT2D eigenvalue weighted by molar-refractivity contribution is -0.133. The molecular formula is C17H15BrCl2N2O4. The third-order valence-electron chi connectivity index (χ3n) is 3.09. The normalized spacial score (nSPS) is 11.4. The van der Waals surface area contributed by atoms with Gasteiger partial charge in [0.2, 0.25) is 0 Å². The molecule has 2 N–H and O–H groups in total. The molecule has 0 spiro atoms. The van der Waals surface area contributed by atoms with E-state index in [-0.39, 0.29) is 6.61 Å². The van der Waals surface area contributed by atoms with E-state index in [0.29, 0.717) is 26.0 Å². The molecule has 0 aliphatic rings. The average molecular weight is 462 g/mol. The molecule has 2 aromatic rings. The van der Waals surface area contributed by atoms with Crippen LogP contribution in [0.25, 0.3) is 0 Å². The lowest BCUT2D eigenvalue weighted by atomic mass is 10.3. The molecule has 0 fully saturated rings. The maximum Gasteiger partial charge on any atom is 0.279 e. The second kappa shape index (κ2) is 9.66. The summed E-state index contributed by atoms with van der Waals surface area (Å²) in [6, 6.07) is 11.7. The minimum Gasteiger partial charge on any atom is -0.482 e. The van der Waals surface area contributed by atoms with E-state index in [2.05, 4.69) is 26.8 Å². The Labute approximate surface area is 168 Å². The summed E-state index contributed by atoms with van der Waals surface area (Å²) in [4.78, 5) is 23.8. The van der Waals surface area contributed by atoms with Gasteiger partial charge in [-0.3, -0.25) is 20.4 Å². The van der Waals surface area contributed by atoms with E-state index < -0.39 is 17.9 Å². The fourth-order valence-corrected chi connectivity index (χ4v) is 2.76. The fraction of sp³-hybridized carbons (Fsp3) is 0.176. The van der Waals surface area contributed by atoms with E-state index in [1.54, 1.807) is 49.4 Å². The second-order valence-electron chi connectivity index (χ2n) is 5.09. The Kier molecular flexibility index (Phi) is 7.56. The summed E-state index contributed by atoms with van der Waals surface area (Å²) in [5, 5.41) is 0.923. The van der Waals surface area contributed by atoms with Gasteiger partial charge in [0.15, 0.2) is 12.7 Å². The van der Waals surface area contributed by atoms with Crippen LogP contribution in [0.3, 0.4) is 0 Å². The van der Waals surface area contributed by atoms with Crippen molar-refractivity contribution in [2.24, 2.45) is 0 Å². The minimum atomic E-state index is -0.850. The number of hydrogen-bond donors (Lipinski definition) is 2. The fourth-order valence-electron chi connectivity index (χ4n) is 1.79. The van der Waals surface area contributed by atoms with Crippen LogP contribution in [0.15, 0.2) is 46.9 Å². The number of hydrazine groups is 1. The molecule has 2 amide bonds. The van der Waals surface area contributed by atoms with Crippen molar-refractivity contribution in [1.29, 1.82) is 0 Å². The highest BCUT2D eigenvalue weighted by atomic mass is 79.9.